The van der Waals surface area contributed by atoms with E-state index in [-0.39, 0.29) is 11.6 Å². The number of carbonyl (C=O) groups is 1. The minimum atomic E-state index is -0.371. The van der Waals surface area contributed by atoms with Crippen molar-refractivity contribution >= 4 is 5.97 Å². The Kier molecular flexibility index (Phi) is 20.5. The van der Waals surface area contributed by atoms with E-state index in [1.807, 2.05) is 13.8 Å². The molecule has 0 aliphatic rings. The van der Waals surface area contributed by atoms with Crippen LogP contribution in [0.2, 0.25) is 0 Å². The fourth-order valence-corrected chi connectivity index (χ4v) is 4.20. The van der Waals surface area contributed by atoms with Gasteiger partial charge in [0.05, 0.1) is 0 Å². The molecule has 0 aromatic carbocycles. The summed E-state index contributed by atoms with van der Waals surface area (Å²) in [6.45, 7) is 11.7. The van der Waals surface area contributed by atoms with Gasteiger partial charge in [0, 0.05) is 5.57 Å². The van der Waals surface area contributed by atoms with E-state index in [1.165, 1.54) is 122 Å². The second kappa shape index (κ2) is 21.1. The minimum absolute atomic E-state index is 0.266. The van der Waals surface area contributed by atoms with Crippen LogP contribution in [0.4, 0.5) is 0 Å². The maximum atomic E-state index is 11.6. The van der Waals surface area contributed by atoms with E-state index < -0.39 is 0 Å². The van der Waals surface area contributed by atoms with Gasteiger partial charge in [0.2, 0.25) is 0 Å². The molecule has 0 aromatic heterocycles. The first-order valence-electron chi connectivity index (χ1n) is 13.8. The zero-order valence-corrected chi connectivity index (χ0v) is 21.9. The van der Waals surface area contributed by atoms with E-state index >= 15 is 0 Å². The van der Waals surface area contributed by atoms with Crippen molar-refractivity contribution in [2.45, 2.75) is 168 Å². The molecule has 0 saturated heterocycles. The maximum Gasteiger partial charge on any atom is 0.333 e. The van der Waals surface area contributed by atoms with Crippen molar-refractivity contribution in [2.75, 3.05) is 0 Å². The molecule has 0 rings (SSSR count). The molecule has 2 nitrogen and oxygen atoms in total. The molecule has 0 spiro atoms. The van der Waals surface area contributed by atoms with Gasteiger partial charge in [-0.25, -0.2) is 4.79 Å². The molecular weight excluding hydrogens is 380 g/mol. The van der Waals surface area contributed by atoms with Crippen LogP contribution in [-0.4, -0.2) is 11.6 Å². The van der Waals surface area contributed by atoms with Crippen molar-refractivity contribution in [2.24, 2.45) is 0 Å². The van der Waals surface area contributed by atoms with E-state index in [0.29, 0.717) is 5.57 Å². The van der Waals surface area contributed by atoms with Crippen LogP contribution >= 0.6 is 0 Å². The van der Waals surface area contributed by atoms with E-state index in [9.17, 15) is 4.79 Å². The Morgan fingerprint density at radius 3 is 1.19 bits per heavy atom. The van der Waals surface area contributed by atoms with Crippen LogP contribution in [0.25, 0.3) is 0 Å². The summed E-state index contributed by atoms with van der Waals surface area (Å²) >= 11 is 0. The lowest BCUT2D eigenvalue weighted by Crippen LogP contribution is -2.28. The molecule has 0 N–H and O–H groups in total. The van der Waals surface area contributed by atoms with Gasteiger partial charge in [-0.3, -0.25) is 0 Å². The zero-order valence-electron chi connectivity index (χ0n) is 21.9. The lowest BCUT2D eigenvalue weighted by Gasteiger charge is -2.25. The summed E-state index contributed by atoms with van der Waals surface area (Å²) in [5.41, 5.74) is 0.112. The van der Waals surface area contributed by atoms with Crippen LogP contribution in [0.3, 0.4) is 0 Å². The number of esters is 1. The first kappa shape index (κ1) is 30.2. The third kappa shape index (κ3) is 22.2. The molecule has 0 saturated carbocycles. The largest absolute Gasteiger partial charge is 0.456 e. The SMILES string of the molecule is C=C(C)C(=O)OC(C)(C)CCCCCCCCCCCCCCCCCCCCCC. The fraction of sp³-hybridized carbons (Fsp3) is 0.897. The summed E-state index contributed by atoms with van der Waals surface area (Å²) in [6.07, 6.45) is 28.9. The Morgan fingerprint density at radius 1 is 0.613 bits per heavy atom. The highest BCUT2D eigenvalue weighted by Crippen LogP contribution is 2.21. The van der Waals surface area contributed by atoms with Gasteiger partial charge in [-0.1, -0.05) is 135 Å². The second-order valence-electron chi connectivity index (χ2n) is 10.4. The van der Waals surface area contributed by atoms with Gasteiger partial charge in [0.25, 0.3) is 0 Å². The molecule has 0 bridgehead atoms. The topological polar surface area (TPSA) is 26.3 Å². The zero-order chi connectivity index (χ0) is 23.2. The van der Waals surface area contributed by atoms with E-state index in [4.69, 9.17) is 4.74 Å². The van der Waals surface area contributed by atoms with Crippen molar-refractivity contribution in [1.29, 1.82) is 0 Å². The van der Waals surface area contributed by atoms with Gasteiger partial charge in [-0.15, -0.1) is 0 Å². The Balaban J connectivity index is 3.25. The molecule has 0 amide bonds. The summed E-state index contributed by atoms with van der Waals surface area (Å²) in [4.78, 5) is 11.6. The van der Waals surface area contributed by atoms with Crippen molar-refractivity contribution in [3.8, 4) is 0 Å². The van der Waals surface area contributed by atoms with Crippen LogP contribution in [0.5, 0.6) is 0 Å². The van der Waals surface area contributed by atoms with E-state index in [2.05, 4.69) is 13.5 Å². The quantitative estimate of drug-likeness (QED) is 0.0904. The van der Waals surface area contributed by atoms with Crippen molar-refractivity contribution < 1.29 is 9.53 Å². The predicted molar refractivity (Wildman–Crippen MR) is 138 cm³/mol. The number of hydrogen-bond donors (Lipinski definition) is 0. The minimum Gasteiger partial charge on any atom is -0.456 e. The molecule has 0 aliphatic heterocycles. The lowest BCUT2D eigenvalue weighted by molar-refractivity contribution is -0.152. The fourth-order valence-electron chi connectivity index (χ4n) is 4.20. The van der Waals surface area contributed by atoms with Gasteiger partial charge < -0.3 is 4.74 Å². The van der Waals surface area contributed by atoms with Gasteiger partial charge >= 0.3 is 5.97 Å². The number of ether oxygens (including phenoxy) is 1. The van der Waals surface area contributed by atoms with Gasteiger partial charge in [-0.2, -0.15) is 0 Å². The second-order valence-corrected chi connectivity index (χ2v) is 10.4. The molecule has 0 radical (unpaired) electrons. The first-order valence-corrected chi connectivity index (χ1v) is 13.8. The van der Waals surface area contributed by atoms with Crippen LogP contribution in [-0.2, 0) is 9.53 Å². The van der Waals surface area contributed by atoms with Gasteiger partial charge in [0.15, 0.2) is 0 Å². The first-order chi connectivity index (χ1) is 14.9. The monoisotopic (exact) mass is 436 g/mol. The summed E-state index contributed by atoms with van der Waals surface area (Å²) in [5, 5.41) is 0. The van der Waals surface area contributed by atoms with Gasteiger partial charge in [0.1, 0.15) is 5.60 Å². The molecule has 0 atom stereocenters. The van der Waals surface area contributed by atoms with Crippen molar-refractivity contribution in [3.05, 3.63) is 12.2 Å². The molecular formula is C29H56O2. The summed E-state index contributed by atoms with van der Waals surface area (Å²) in [7, 11) is 0. The van der Waals surface area contributed by atoms with Crippen molar-refractivity contribution in [1.82, 2.24) is 0 Å². The molecule has 0 aliphatic carbocycles. The summed E-state index contributed by atoms with van der Waals surface area (Å²) in [6, 6.07) is 0. The van der Waals surface area contributed by atoms with Crippen LogP contribution in [0.1, 0.15) is 163 Å². The molecule has 0 heterocycles. The van der Waals surface area contributed by atoms with Crippen LogP contribution < -0.4 is 0 Å². The highest BCUT2D eigenvalue weighted by Gasteiger charge is 2.22. The molecule has 0 fully saturated rings. The smallest absolute Gasteiger partial charge is 0.333 e. The Labute approximate surface area is 196 Å². The Morgan fingerprint density at radius 2 is 0.903 bits per heavy atom. The highest BCUT2D eigenvalue weighted by atomic mass is 16.6. The van der Waals surface area contributed by atoms with Crippen LogP contribution in [0, 0.1) is 0 Å². The van der Waals surface area contributed by atoms with Crippen LogP contribution in [0.15, 0.2) is 12.2 Å². The summed E-state index contributed by atoms with van der Waals surface area (Å²) in [5.74, 6) is -0.266. The average Bonchev–Trinajstić information content (AvgIpc) is 2.71. The highest BCUT2D eigenvalue weighted by molar-refractivity contribution is 5.87. The molecule has 0 aromatic rings. The standard InChI is InChI=1S/C29H56O2/c1-6-7-8-9-10-11-12-13-14-15-16-17-18-19-20-21-22-23-24-25-26-29(4,5)31-28(30)27(2)3/h2,6-26H2,1,3-5H3. The molecule has 2 heteroatoms. The van der Waals surface area contributed by atoms with E-state index in [1.54, 1.807) is 6.92 Å². The lowest BCUT2D eigenvalue weighted by atomic mass is 9.98. The number of rotatable bonds is 23. The molecule has 184 valence electrons. The average molecular weight is 437 g/mol. The predicted octanol–water partition coefficient (Wildman–Crippen LogP) is 10.1. The number of hydrogen-bond acceptors (Lipinski definition) is 2. The van der Waals surface area contributed by atoms with Crippen molar-refractivity contribution in [3.63, 3.8) is 0 Å². The number of unbranched alkanes of at least 4 members (excludes halogenated alkanes) is 19. The Bertz CT molecular complexity index is 424. The molecule has 31 heavy (non-hydrogen) atoms. The van der Waals surface area contributed by atoms with E-state index in [0.717, 1.165) is 12.8 Å². The maximum absolute atomic E-state index is 11.6. The Hall–Kier alpha value is -0.790. The number of carbonyl (C=O) groups excluding carboxylic acids is 1. The normalized spacial score (nSPS) is 11.6. The molecule has 0 unspecified atom stereocenters. The third-order valence-electron chi connectivity index (χ3n) is 6.35. The van der Waals surface area contributed by atoms with Gasteiger partial charge in [-0.05, 0) is 33.6 Å². The third-order valence-corrected chi connectivity index (χ3v) is 6.35. The summed E-state index contributed by atoms with van der Waals surface area (Å²) < 4.78 is 5.50.